The van der Waals surface area contributed by atoms with Crippen molar-refractivity contribution in [1.29, 1.82) is 0 Å². The van der Waals surface area contributed by atoms with Crippen molar-refractivity contribution in [3.63, 3.8) is 0 Å². The van der Waals surface area contributed by atoms with Crippen molar-refractivity contribution in [2.75, 3.05) is 26.7 Å². The highest BCUT2D eigenvalue weighted by Crippen LogP contribution is 2.17. The first-order valence-electron chi connectivity index (χ1n) is 7.21. The highest BCUT2D eigenvalue weighted by Gasteiger charge is 2.19. The number of aryl methyl sites for hydroxylation is 2. The lowest BCUT2D eigenvalue weighted by atomic mass is 10.1. The molecular formula is C16H26N2. The van der Waals surface area contributed by atoms with Crippen molar-refractivity contribution in [1.82, 2.24) is 10.2 Å². The summed E-state index contributed by atoms with van der Waals surface area (Å²) in [6.07, 6.45) is 5.22. The molecule has 1 N–H and O–H groups in total. The van der Waals surface area contributed by atoms with Crippen LogP contribution in [0.5, 0.6) is 0 Å². The van der Waals surface area contributed by atoms with E-state index in [0.29, 0.717) is 0 Å². The average molecular weight is 246 g/mol. The molecule has 1 aromatic carbocycles. The van der Waals surface area contributed by atoms with E-state index in [1.165, 1.54) is 49.9 Å². The van der Waals surface area contributed by atoms with E-state index in [2.05, 4.69) is 48.5 Å². The lowest BCUT2D eigenvalue weighted by Gasteiger charge is -2.16. The van der Waals surface area contributed by atoms with Crippen LogP contribution in [0.1, 0.15) is 30.4 Å². The molecule has 100 valence electrons. The quantitative estimate of drug-likeness (QED) is 0.758. The molecule has 2 nitrogen and oxygen atoms in total. The topological polar surface area (TPSA) is 15.3 Å². The molecule has 1 fully saturated rings. The summed E-state index contributed by atoms with van der Waals surface area (Å²) in [7, 11) is 2.23. The maximum absolute atomic E-state index is 3.56. The Labute approximate surface area is 111 Å². The average Bonchev–Trinajstić information content (AvgIpc) is 3.16. The number of hydrogen-bond acceptors (Lipinski definition) is 2. The highest BCUT2D eigenvalue weighted by atomic mass is 15.1. The van der Waals surface area contributed by atoms with Gasteiger partial charge in [-0.25, -0.2) is 0 Å². The van der Waals surface area contributed by atoms with Gasteiger partial charge in [-0.1, -0.05) is 29.8 Å². The molecule has 1 saturated carbocycles. The molecule has 1 aliphatic rings. The number of hydrogen-bond donors (Lipinski definition) is 1. The second-order valence-electron chi connectivity index (χ2n) is 5.62. The maximum Gasteiger partial charge on any atom is 0.0104 e. The Bertz CT molecular complexity index is 341. The smallest absolute Gasteiger partial charge is 0.0104 e. The molecule has 0 amide bonds. The maximum atomic E-state index is 3.56. The summed E-state index contributed by atoms with van der Waals surface area (Å²) in [5, 5.41) is 3.56. The minimum atomic E-state index is 0.839. The van der Waals surface area contributed by atoms with Crippen LogP contribution in [0.15, 0.2) is 24.3 Å². The van der Waals surface area contributed by atoms with Crippen LogP contribution >= 0.6 is 0 Å². The van der Waals surface area contributed by atoms with Gasteiger partial charge in [-0.3, -0.25) is 0 Å². The monoisotopic (exact) mass is 246 g/mol. The Hall–Kier alpha value is -0.860. The first-order valence-corrected chi connectivity index (χ1v) is 7.21. The van der Waals surface area contributed by atoms with Crippen molar-refractivity contribution >= 4 is 0 Å². The Morgan fingerprint density at radius 3 is 2.56 bits per heavy atom. The van der Waals surface area contributed by atoms with Crippen LogP contribution in [0, 0.1) is 6.92 Å². The summed E-state index contributed by atoms with van der Waals surface area (Å²) in [6, 6.07) is 9.76. The first-order chi connectivity index (χ1) is 8.74. The van der Waals surface area contributed by atoms with E-state index >= 15 is 0 Å². The zero-order valence-corrected chi connectivity index (χ0v) is 11.8. The third-order valence-electron chi connectivity index (χ3n) is 3.63. The molecular weight excluding hydrogens is 220 g/mol. The Morgan fingerprint density at radius 2 is 1.89 bits per heavy atom. The standard InChI is InChI=1S/C16H26N2/c1-14-5-7-15(8-6-14)4-3-12-18(2)13-11-17-16-9-10-16/h5-8,16-17H,3-4,9-13H2,1-2H3. The van der Waals surface area contributed by atoms with Crippen LogP contribution in [0.3, 0.4) is 0 Å². The van der Waals surface area contributed by atoms with Crippen molar-refractivity contribution in [3.8, 4) is 0 Å². The second-order valence-corrected chi connectivity index (χ2v) is 5.62. The normalized spacial score (nSPS) is 15.3. The molecule has 18 heavy (non-hydrogen) atoms. The number of likely N-dealkylation sites (N-methyl/N-ethyl adjacent to an activating group) is 1. The minimum Gasteiger partial charge on any atom is -0.313 e. The molecule has 0 bridgehead atoms. The van der Waals surface area contributed by atoms with Gasteiger partial charge in [-0.2, -0.15) is 0 Å². The summed E-state index contributed by atoms with van der Waals surface area (Å²) in [4.78, 5) is 2.43. The van der Waals surface area contributed by atoms with Crippen LogP contribution in [-0.2, 0) is 6.42 Å². The van der Waals surface area contributed by atoms with E-state index in [0.717, 1.165) is 12.6 Å². The Morgan fingerprint density at radius 1 is 1.17 bits per heavy atom. The highest BCUT2D eigenvalue weighted by molar-refractivity contribution is 5.21. The van der Waals surface area contributed by atoms with Gasteiger partial charge >= 0.3 is 0 Å². The van der Waals surface area contributed by atoms with Gasteiger partial charge in [0, 0.05) is 19.1 Å². The fourth-order valence-corrected chi connectivity index (χ4v) is 2.17. The first kappa shape index (κ1) is 13.6. The van der Waals surface area contributed by atoms with Crippen molar-refractivity contribution in [2.24, 2.45) is 0 Å². The van der Waals surface area contributed by atoms with Crippen LogP contribution < -0.4 is 5.32 Å². The Kier molecular flexibility index (Phi) is 5.21. The van der Waals surface area contributed by atoms with E-state index in [4.69, 9.17) is 0 Å². The van der Waals surface area contributed by atoms with E-state index in [1.807, 2.05) is 0 Å². The van der Waals surface area contributed by atoms with Gasteiger partial charge in [0.15, 0.2) is 0 Å². The third kappa shape index (κ3) is 5.19. The molecule has 0 saturated heterocycles. The summed E-state index contributed by atoms with van der Waals surface area (Å²) in [5.74, 6) is 0. The number of nitrogens with zero attached hydrogens (tertiary/aromatic N) is 1. The predicted molar refractivity (Wildman–Crippen MR) is 78.0 cm³/mol. The van der Waals surface area contributed by atoms with E-state index < -0.39 is 0 Å². The van der Waals surface area contributed by atoms with E-state index in [9.17, 15) is 0 Å². The molecule has 2 rings (SSSR count). The van der Waals surface area contributed by atoms with Gasteiger partial charge in [0.1, 0.15) is 0 Å². The molecule has 0 unspecified atom stereocenters. The van der Waals surface area contributed by atoms with Gasteiger partial charge < -0.3 is 10.2 Å². The van der Waals surface area contributed by atoms with Crippen LogP contribution in [-0.4, -0.2) is 37.6 Å². The SMILES string of the molecule is Cc1ccc(CCCN(C)CCNC2CC2)cc1. The zero-order valence-electron chi connectivity index (χ0n) is 11.8. The van der Waals surface area contributed by atoms with Gasteiger partial charge in [-0.05, 0) is 51.8 Å². The van der Waals surface area contributed by atoms with Gasteiger partial charge in [0.2, 0.25) is 0 Å². The largest absolute Gasteiger partial charge is 0.313 e. The van der Waals surface area contributed by atoms with E-state index in [1.54, 1.807) is 0 Å². The molecule has 0 atom stereocenters. The lowest BCUT2D eigenvalue weighted by Crippen LogP contribution is -2.31. The van der Waals surface area contributed by atoms with E-state index in [-0.39, 0.29) is 0 Å². The van der Waals surface area contributed by atoms with Gasteiger partial charge in [0.25, 0.3) is 0 Å². The number of nitrogens with one attached hydrogen (secondary N) is 1. The summed E-state index contributed by atoms with van der Waals surface area (Å²) >= 11 is 0. The fraction of sp³-hybridized carbons (Fsp3) is 0.625. The second kappa shape index (κ2) is 6.91. The molecule has 1 aliphatic carbocycles. The number of benzene rings is 1. The third-order valence-corrected chi connectivity index (χ3v) is 3.63. The van der Waals surface area contributed by atoms with Crippen LogP contribution in [0.4, 0.5) is 0 Å². The molecule has 0 spiro atoms. The molecule has 0 aromatic heterocycles. The molecule has 2 heteroatoms. The predicted octanol–water partition coefficient (Wildman–Crippen LogP) is 2.61. The van der Waals surface area contributed by atoms with Crippen molar-refractivity contribution < 1.29 is 0 Å². The summed E-state index contributed by atoms with van der Waals surface area (Å²) in [6.45, 7) is 5.65. The summed E-state index contributed by atoms with van der Waals surface area (Å²) in [5.41, 5.74) is 2.81. The molecule has 0 heterocycles. The van der Waals surface area contributed by atoms with Crippen LogP contribution in [0.25, 0.3) is 0 Å². The van der Waals surface area contributed by atoms with Gasteiger partial charge in [-0.15, -0.1) is 0 Å². The lowest BCUT2D eigenvalue weighted by molar-refractivity contribution is 0.326. The van der Waals surface area contributed by atoms with Crippen molar-refractivity contribution in [2.45, 2.75) is 38.6 Å². The number of rotatable bonds is 8. The molecule has 0 radical (unpaired) electrons. The zero-order chi connectivity index (χ0) is 12.8. The fourth-order valence-electron chi connectivity index (χ4n) is 2.17. The minimum absolute atomic E-state index is 0.839. The summed E-state index contributed by atoms with van der Waals surface area (Å²) < 4.78 is 0. The molecule has 0 aliphatic heterocycles. The molecule has 1 aromatic rings. The van der Waals surface area contributed by atoms with Crippen LogP contribution in [0.2, 0.25) is 0 Å². The van der Waals surface area contributed by atoms with Gasteiger partial charge in [0.05, 0.1) is 0 Å². The van der Waals surface area contributed by atoms with Crippen molar-refractivity contribution in [3.05, 3.63) is 35.4 Å². The Balaban J connectivity index is 1.54.